The van der Waals surface area contributed by atoms with E-state index < -0.39 is 0 Å². The maximum Gasteiger partial charge on any atom is 0.253 e. The highest BCUT2D eigenvalue weighted by atomic mass is 16.2. The summed E-state index contributed by atoms with van der Waals surface area (Å²) >= 11 is 0. The molecule has 1 heterocycles. The molecule has 2 rings (SSSR count). The molecule has 4 amide bonds. The summed E-state index contributed by atoms with van der Waals surface area (Å²) in [5.41, 5.74) is 6.82. The number of nitrogens with two attached hydrogens (primary N) is 1. The Hall–Kier alpha value is -3.00. The third-order valence-electron chi connectivity index (χ3n) is 4.10. The molecule has 0 spiro atoms. The first kappa shape index (κ1) is 20.3. The van der Waals surface area contributed by atoms with Crippen molar-refractivity contribution in [3.63, 3.8) is 0 Å². The number of nitrogens with zero attached hydrogens (tertiary/aromatic N) is 1. The van der Waals surface area contributed by atoms with E-state index >= 15 is 0 Å². The van der Waals surface area contributed by atoms with Crippen LogP contribution in [-0.2, 0) is 25.7 Å². The predicted molar refractivity (Wildman–Crippen MR) is 100 cm³/mol. The Morgan fingerprint density at radius 2 is 1.59 bits per heavy atom. The molecule has 27 heavy (non-hydrogen) atoms. The van der Waals surface area contributed by atoms with Gasteiger partial charge in [-0.25, -0.2) is 0 Å². The van der Waals surface area contributed by atoms with Crippen LogP contribution in [-0.4, -0.2) is 41.6 Å². The summed E-state index contributed by atoms with van der Waals surface area (Å²) in [7, 11) is 0. The van der Waals surface area contributed by atoms with E-state index in [9.17, 15) is 19.2 Å². The largest absolute Gasteiger partial charge is 0.352 e. The normalized spacial score (nSPS) is 13.1. The summed E-state index contributed by atoms with van der Waals surface area (Å²) in [5, 5.41) is 5.49. The Bertz CT molecular complexity index is 710. The number of carbonyl (C=O) groups excluding carboxylic acids is 4. The molecular weight excluding hydrogens is 348 g/mol. The number of unbranched alkanes of at least 4 members (excludes halogenated alkanes) is 2. The molecule has 144 valence electrons. The molecule has 8 heteroatoms. The maximum absolute atomic E-state index is 11.9. The standard InChI is InChI=1S/C19H24N4O4/c20-12-17(25)22-15-7-5-14(6-8-15)13-21-16(24)4-2-1-3-11-23-18(26)9-10-19(23)27/h5-10H,1-4,11-13,20H2,(H,21,24)(H,22,25). The number of carbonyl (C=O) groups is 4. The first-order valence-electron chi connectivity index (χ1n) is 8.88. The summed E-state index contributed by atoms with van der Waals surface area (Å²) in [6, 6.07) is 7.16. The van der Waals surface area contributed by atoms with Crippen molar-refractivity contribution in [2.24, 2.45) is 5.73 Å². The molecule has 0 aliphatic carbocycles. The molecule has 0 bridgehead atoms. The summed E-state index contributed by atoms with van der Waals surface area (Å²) in [6.45, 7) is 0.727. The first-order chi connectivity index (χ1) is 13.0. The van der Waals surface area contributed by atoms with Crippen LogP contribution in [0.2, 0.25) is 0 Å². The number of benzene rings is 1. The van der Waals surface area contributed by atoms with Crippen LogP contribution >= 0.6 is 0 Å². The zero-order valence-electron chi connectivity index (χ0n) is 15.1. The van der Waals surface area contributed by atoms with Gasteiger partial charge in [-0.15, -0.1) is 0 Å². The van der Waals surface area contributed by atoms with Gasteiger partial charge in [0.15, 0.2) is 0 Å². The molecule has 4 N–H and O–H groups in total. The smallest absolute Gasteiger partial charge is 0.253 e. The molecule has 0 aromatic heterocycles. The van der Waals surface area contributed by atoms with E-state index in [1.165, 1.54) is 17.1 Å². The van der Waals surface area contributed by atoms with E-state index in [0.29, 0.717) is 38.0 Å². The van der Waals surface area contributed by atoms with Crippen molar-refractivity contribution in [2.45, 2.75) is 32.2 Å². The highest BCUT2D eigenvalue weighted by Crippen LogP contribution is 2.10. The van der Waals surface area contributed by atoms with Gasteiger partial charge in [-0.3, -0.25) is 24.1 Å². The van der Waals surface area contributed by atoms with Gasteiger partial charge in [0.1, 0.15) is 0 Å². The molecule has 0 saturated carbocycles. The number of rotatable bonds is 10. The minimum Gasteiger partial charge on any atom is -0.352 e. The van der Waals surface area contributed by atoms with Crippen LogP contribution in [0.25, 0.3) is 0 Å². The van der Waals surface area contributed by atoms with Crippen LogP contribution in [0, 0.1) is 0 Å². The lowest BCUT2D eigenvalue weighted by atomic mass is 10.1. The van der Waals surface area contributed by atoms with Gasteiger partial charge in [0, 0.05) is 37.3 Å². The molecule has 1 aliphatic heterocycles. The molecule has 0 atom stereocenters. The highest BCUT2D eigenvalue weighted by Gasteiger charge is 2.22. The van der Waals surface area contributed by atoms with Crippen LogP contribution in [0.5, 0.6) is 0 Å². The Morgan fingerprint density at radius 3 is 2.22 bits per heavy atom. The number of nitrogens with one attached hydrogen (secondary N) is 2. The van der Waals surface area contributed by atoms with Gasteiger partial charge < -0.3 is 16.4 Å². The number of hydrogen-bond acceptors (Lipinski definition) is 5. The molecule has 1 aromatic carbocycles. The van der Waals surface area contributed by atoms with E-state index in [0.717, 1.165) is 12.0 Å². The topological polar surface area (TPSA) is 122 Å². The van der Waals surface area contributed by atoms with Crippen LogP contribution < -0.4 is 16.4 Å². The molecular formula is C19H24N4O4. The molecule has 0 fully saturated rings. The van der Waals surface area contributed by atoms with E-state index in [1.807, 2.05) is 12.1 Å². The van der Waals surface area contributed by atoms with Crippen molar-refractivity contribution in [3.8, 4) is 0 Å². The fourth-order valence-electron chi connectivity index (χ4n) is 2.59. The second-order valence-electron chi connectivity index (χ2n) is 6.20. The van der Waals surface area contributed by atoms with Gasteiger partial charge in [-0.1, -0.05) is 18.6 Å². The van der Waals surface area contributed by atoms with Gasteiger partial charge >= 0.3 is 0 Å². The zero-order valence-corrected chi connectivity index (χ0v) is 15.1. The minimum absolute atomic E-state index is 0.0505. The fraction of sp³-hybridized carbons (Fsp3) is 0.368. The van der Waals surface area contributed by atoms with Crippen molar-refractivity contribution in [3.05, 3.63) is 42.0 Å². The molecule has 0 saturated heterocycles. The number of imide groups is 1. The van der Waals surface area contributed by atoms with E-state index in [-0.39, 0.29) is 30.2 Å². The van der Waals surface area contributed by atoms with Crippen LogP contribution in [0.1, 0.15) is 31.2 Å². The Kier molecular flexibility index (Phi) is 7.69. The lowest BCUT2D eigenvalue weighted by molar-refractivity contribution is -0.137. The Balaban J connectivity index is 1.58. The Morgan fingerprint density at radius 1 is 0.926 bits per heavy atom. The first-order valence-corrected chi connectivity index (χ1v) is 8.88. The van der Waals surface area contributed by atoms with E-state index in [1.54, 1.807) is 12.1 Å². The second-order valence-corrected chi connectivity index (χ2v) is 6.20. The Labute approximate surface area is 157 Å². The van der Waals surface area contributed by atoms with Crippen molar-refractivity contribution in [1.82, 2.24) is 10.2 Å². The summed E-state index contributed by atoms with van der Waals surface area (Å²) in [5.74, 6) is -0.853. The van der Waals surface area contributed by atoms with Crippen LogP contribution in [0.4, 0.5) is 5.69 Å². The quantitative estimate of drug-likeness (QED) is 0.412. The van der Waals surface area contributed by atoms with Gasteiger partial charge in [-0.05, 0) is 30.5 Å². The molecule has 0 unspecified atom stereocenters. The molecule has 1 aliphatic rings. The number of anilines is 1. The minimum atomic E-state index is -0.272. The van der Waals surface area contributed by atoms with Gasteiger partial charge in [0.05, 0.1) is 6.54 Å². The fourth-order valence-corrected chi connectivity index (χ4v) is 2.59. The summed E-state index contributed by atoms with van der Waals surface area (Å²) in [4.78, 5) is 47.1. The monoisotopic (exact) mass is 372 g/mol. The van der Waals surface area contributed by atoms with Crippen molar-refractivity contribution in [1.29, 1.82) is 0 Å². The zero-order chi connectivity index (χ0) is 19.6. The lowest BCUT2D eigenvalue weighted by Gasteiger charge is -2.13. The third kappa shape index (κ3) is 6.67. The SMILES string of the molecule is NCC(=O)Nc1ccc(CNC(=O)CCCCCN2C(=O)C=CC2=O)cc1. The number of hydrogen-bond donors (Lipinski definition) is 3. The van der Waals surface area contributed by atoms with Crippen molar-refractivity contribution < 1.29 is 19.2 Å². The third-order valence-corrected chi connectivity index (χ3v) is 4.10. The second kappa shape index (κ2) is 10.2. The molecule has 0 radical (unpaired) electrons. The van der Waals surface area contributed by atoms with Crippen LogP contribution in [0.3, 0.4) is 0 Å². The van der Waals surface area contributed by atoms with Gasteiger partial charge in [0.25, 0.3) is 11.8 Å². The van der Waals surface area contributed by atoms with Crippen molar-refractivity contribution in [2.75, 3.05) is 18.4 Å². The summed E-state index contributed by atoms with van der Waals surface area (Å²) < 4.78 is 0. The highest BCUT2D eigenvalue weighted by molar-refractivity contribution is 6.12. The predicted octanol–water partition coefficient (Wildman–Crippen LogP) is 0.685. The maximum atomic E-state index is 11.9. The lowest BCUT2D eigenvalue weighted by Crippen LogP contribution is -2.30. The van der Waals surface area contributed by atoms with Gasteiger partial charge in [-0.2, -0.15) is 0 Å². The molecule has 8 nitrogen and oxygen atoms in total. The average molecular weight is 372 g/mol. The van der Waals surface area contributed by atoms with Gasteiger partial charge in [0.2, 0.25) is 11.8 Å². The van der Waals surface area contributed by atoms with Crippen LogP contribution in [0.15, 0.2) is 36.4 Å². The summed E-state index contributed by atoms with van der Waals surface area (Å²) in [6.07, 6.45) is 5.08. The van der Waals surface area contributed by atoms with E-state index in [2.05, 4.69) is 10.6 Å². The average Bonchev–Trinajstić information content (AvgIpc) is 2.99. The van der Waals surface area contributed by atoms with Crippen molar-refractivity contribution >= 4 is 29.3 Å². The number of amides is 4. The van der Waals surface area contributed by atoms with E-state index in [4.69, 9.17) is 5.73 Å². The molecule has 1 aromatic rings.